The molecule has 246 valence electrons. The van der Waals surface area contributed by atoms with Crippen LogP contribution in [0.4, 0.5) is 0 Å². The summed E-state index contributed by atoms with van der Waals surface area (Å²) in [6.07, 6.45) is 11.8. The Hall–Kier alpha value is -1.69. The maximum Gasteiger partial charge on any atom is 0.309 e. The van der Waals surface area contributed by atoms with Crippen LogP contribution in [0.3, 0.4) is 0 Å². The van der Waals surface area contributed by atoms with Gasteiger partial charge in [0.15, 0.2) is 5.78 Å². The molecule has 1 heterocycles. The number of aliphatic hydroxyl groups excluding tert-OH is 1. The van der Waals surface area contributed by atoms with Gasteiger partial charge in [-0.3, -0.25) is 14.4 Å². The summed E-state index contributed by atoms with van der Waals surface area (Å²) < 4.78 is 5.26. The fourth-order valence-electron chi connectivity index (χ4n) is 12.3. The SMILES string of the molecule is CCOC(=O)C1CCN(C(=O)[C@@]2(C)CC[C@]3(C)CC[C@]4(C)C(=CC(=O)[C@@H]5[C@@]6(C)CC[C@H](O)C(C)(C)[C@@H]6CC[C@]54C)[C@@H]3C2)CC1. The molecule has 44 heavy (non-hydrogen) atoms. The molecule has 6 heteroatoms. The number of allylic oxidation sites excluding steroid dienone is 2. The number of aliphatic hydroxyl groups is 1. The van der Waals surface area contributed by atoms with Crippen molar-refractivity contribution < 1.29 is 24.2 Å². The predicted molar refractivity (Wildman–Crippen MR) is 171 cm³/mol. The normalized spacial score (nSPS) is 47.0. The Kier molecular flexibility index (Phi) is 7.63. The van der Waals surface area contributed by atoms with Gasteiger partial charge in [0.05, 0.1) is 18.6 Å². The maximum absolute atomic E-state index is 14.6. The second-order valence-corrected chi connectivity index (χ2v) is 17.9. The Morgan fingerprint density at radius 2 is 1.57 bits per heavy atom. The summed E-state index contributed by atoms with van der Waals surface area (Å²) in [5, 5.41) is 11.0. The van der Waals surface area contributed by atoms with E-state index in [4.69, 9.17) is 4.74 Å². The third-order valence-corrected chi connectivity index (χ3v) is 15.5. The zero-order valence-corrected chi connectivity index (χ0v) is 28.9. The topological polar surface area (TPSA) is 83.9 Å². The Labute approximate surface area is 266 Å². The van der Waals surface area contributed by atoms with Crippen molar-refractivity contribution in [1.82, 2.24) is 4.90 Å². The van der Waals surface area contributed by atoms with Gasteiger partial charge in [-0.15, -0.1) is 0 Å². The minimum atomic E-state index is -0.464. The number of ketones is 1. The van der Waals surface area contributed by atoms with E-state index in [9.17, 15) is 19.5 Å². The van der Waals surface area contributed by atoms with Crippen molar-refractivity contribution in [3.05, 3.63) is 11.6 Å². The van der Waals surface area contributed by atoms with Crippen LogP contribution in [-0.2, 0) is 19.1 Å². The maximum atomic E-state index is 14.6. The standard InChI is InChI=1S/C38H59NO5/c1-9-44-31(42)24-12-20-39(21-13-24)32(43)35(5)17-16-34(4)18-19-37(7)25(26(34)23-35)22-27(40)30-36(6)14-11-29(41)33(2,3)28(36)10-15-38(30,37)8/h22,24,26,28-30,41H,9-21,23H2,1-8H3/t26-,28-,29-,30+,34+,35-,36-,37+,38+/m0/s1. The highest BCUT2D eigenvalue weighted by Gasteiger charge is 2.70. The molecule has 4 saturated carbocycles. The Balaban J connectivity index is 1.29. The highest BCUT2D eigenvalue weighted by atomic mass is 16.5. The van der Waals surface area contributed by atoms with E-state index in [1.165, 1.54) is 5.57 Å². The highest BCUT2D eigenvalue weighted by molar-refractivity contribution is 5.95. The Bertz CT molecular complexity index is 1250. The summed E-state index contributed by atoms with van der Waals surface area (Å²) in [5.74, 6) is 0.825. The van der Waals surface area contributed by atoms with Crippen LogP contribution in [0.15, 0.2) is 11.6 Å². The van der Waals surface area contributed by atoms with Crippen LogP contribution in [-0.4, -0.2) is 53.5 Å². The molecule has 0 aromatic heterocycles. The van der Waals surface area contributed by atoms with Crippen molar-refractivity contribution in [2.45, 2.75) is 132 Å². The first-order chi connectivity index (χ1) is 20.5. The number of piperidine rings is 1. The smallest absolute Gasteiger partial charge is 0.309 e. The average Bonchev–Trinajstić information content (AvgIpc) is 2.97. The number of likely N-dealkylation sites (tertiary alicyclic amines) is 1. The summed E-state index contributed by atoms with van der Waals surface area (Å²) in [6.45, 7) is 19.8. The summed E-state index contributed by atoms with van der Waals surface area (Å²) in [7, 11) is 0. The molecule has 1 amide bonds. The van der Waals surface area contributed by atoms with E-state index >= 15 is 0 Å². The molecule has 1 N–H and O–H groups in total. The number of amides is 1. The third kappa shape index (κ3) is 4.38. The Morgan fingerprint density at radius 3 is 2.23 bits per heavy atom. The van der Waals surface area contributed by atoms with Crippen LogP contribution in [0.1, 0.15) is 126 Å². The lowest BCUT2D eigenvalue weighted by molar-refractivity contribution is -0.202. The fourth-order valence-corrected chi connectivity index (χ4v) is 12.3. The molecule has 0 spiro atoms. The number of hydrogen-bond donors (Lipinski definition) is 1. The first-order valence-electron chi connectivity index (χ1n) is 17.9. The largest absolute Gasteiger partial charge is 0.466 e. The van der Waals surface area contributed by atoms with Crippen LogP contribution >= 0.6 is 0 Å². The van der Waals surface area contributed by atoms with Crippen LogP contribution in [0.2, 0.25) is 0 Å². The molecule has 1 saturated heterocycles. The van der Waals surface area contributed by atoms with Crippen LogP contribution in [0.25, 0.3) is 0 Å². The van der Waals surface area contributed by atoms with Crippen molar-refractivity contribution in [3.8, 4) is 0 Å². The molecule has 5 fully saturated rings. The number of esters is 1. The second kappa shape index (κ2) is 10.4. The lowest BCUT2D eigenvalue weighted by Crippen LogP contribution is -2.66. The lowest BCUT2D eigenvalue weighted by Gasteiger charge is -2.70. The zero-order valence-electron chi connectivity index (χ0n) is 28.9. The first-order valence-corrected chi connectivity index (χ1v) is 17.9. The van der Waals surface area contributed by atoms with Gasteiger partial charge in [-0.25, -0.2) is 0 Å². The minimum absolute atomic E-state index is 0.0315. The quantitative estimate of drug-likeness (QED) is 0.344. The van der Waals surface area contributed by atoms with E-state index < -0.39 is 5.41 Å². The molecule has 0 radical (unpaired) electrons. The molecule has 0 aromatic rings. The van der Waals surface area contributed by atoms with E-state index in [-0.39, 0.29) is 62.8 Å². The molecule has 0 bridgehead atoms. The van der Waals surface area contributed by atoms with Gasteiger partial charge in [0.2, 0.25) is 5.91 Å². The van der Waals surface area contributed by atoms with Crippen LogP contribution in [0, 0.1) is 56.2 Å². The molecule has 6 aliphatic rings. The van der Waals surface area contributed by atoms with Gasteiger partial charge in [0.25, 0.3) is 0 Å². The predicted octanol–water partition coefficient (Wildman–Crippen LogP) is 7.13. The summed E-state index contributed by atoms with van der Waals surface area (Å²) in [5.41, 5.74) is 0.450. The molecule has 0 unspecified atom stereocenters. The summed E-state index contributed by atoms with van der Waals surface area (Å²) >= 11 is 0. The van der Waals surface area contributed by atoms with Gasteiger partial charge in [0, 0.05) is 24.4 Å². The minimum Gasteiger partial charge on any atom is -0.466 e. The van der Waals surface area contributed by atoms with Gasteiger partial charge < -0.3 is 14.7 Å². The van der Waals surface area contributed by atoms with Gasteiger partial charge >= 0.3 is 5.97 Å². The molecular formula is C38H59NO5. The van der Waals surface area contributed by atoms with Gasteiger partial charge in [0.1, 0.15) is 0 Å². The number of fused-ring (bicyclic) bond motifs is 7. The second-order valence-electron chi connectivity index (χ2n) is 17.9. The lowest BCUT2D eigenvalue weighted by atomic mass is 9.33. The van der Waals surface area contributed by atoms with E-state index in [1.54, 1.807) is 0 Å². The van der Waals surface area contributed by atoms with E-state index in [2.05, 4.69) is 54.5 Å². The van der Waals surface area contributed by atoms with Crippen molar-refractivity contribution >= 4 is 17.7 Å². The molecule has 0 aromatic carbocycles. The number of hydrogen-bond acceptors (Lipinski definition) is 5. The van der Waals surface area contributed by atoms with Crippen LogP contribution in [0.5, 0.6) is 0 Å². The summed E-state index contributed by atoms with van der Waals surface area (Å²) in [6, 6.07) is 0. The number of carbonyl (C=O) groups excluding carboxylic acids is 3. The molecule has 6 nitrogen and oxygen atoms in total. The highest BCUT2D eigenvalue weighted by Crippen LogP contribution is 2.75. The van der Waals surface area contributed by atoms with E-state index in [0.717, 1.165) is 57.8 Å². The van der Waals surface area contributed by atoms with Crippen LogP contribution < -0.4 is 0 Å². The monoisotopic (exact) mass is 609 g/mol. The summed E-state index contributed by atoms with van der Waals surface area (Å²) in [4.78, 5) is 43.2. The van der Waals surface area contributed by atoms with E-state index in [0.29, 0.717) is 44.2 Å². The van der Waals surface area contributed by atoms with Crippen molar-refractivity contribution in [3.63, 3.8) is 0 Å². The van der Waals surface area contributed by atoms with E-state index in [1.807, 2.05) is 11.8 Å². The number of ether oxygens (including phenoxy) is 1. The van der Waals surface area contributed by atoms with Crippen molar-refractivity contribution in [1.29, 1.82) is 0 Å². The molecule has 5 aliphatic carbocycles. The van der Waals surface area contributed by atoms with Gasteiger partial charge in [-0.1, -0.05) is 54.0 Å². The molecular weight excluding hydrogens is 550 g/mol. The average molecular weight is 610 g/mol. The first kappa shape index (κ1) is 32.3. The zero-order chi connectivity index (χ0) is 32.1. The fraction of sp³-hybridized carbons (Fsp3) is 0.868. The van der Waals surface area contributed by atoms with Crippen molar-refractivity contribution in [2.75, 3.05) is 19.7 Å². The van der Waals surface area contributed by atoms with Crippen molar-refractivity contribution in [2.24, 2.45) is 56.2 Å². The Morgan fingerprint density at radius 1 is 0.909 bits per heavy atom. The molecule has 9 atom stereocenters. The van der Waals surface area contributed by atoms with Gasteiger partial charge in [-0.2, -0.15) is 0 Å². The number of nitrogens with zero attached hydrogens (tertiary/aromatic N) is 1. The third-order valence-electron chi connectivity index (χ3n) is 15.5. The molecule has 1 aliphatic heterocycles. The number of carbonyl (C=O) groups is 3. The van der Waals surface area contributed by atoms with Gasteiger partial charge in [-0.05, 0) is 123 Å². The molecule has 6 rings (SSSR count). The number of rotatable bonds is 3.